The summed E-state index contributed by atoms with van der Waals surface area (Å²) in [7, 11) is 0. The number of nitrogens with zero attached hydrogens (tertiary/aromatic N) is 2. The molecule has 2 aliphatic heterocycles. The van der Waals surface area contributed by atoms with Gasteiger partial charge >= 0.3 is 0 Å². The number of likely N-dealkylation sites (tertiary alicyclic amines) is 2. The number of hydrogen-bond donors (Lipinski definition) is 2. The number of benzene rings is 2. The van der Waals surface area contributed by atoms with E-state index in [2.05, 4.69) is 23.6 Å². The van der Waals surface area contributed by atoms with E-state index in [0.29, 0.717) is 47.4 Å². The molecule has 3 heterocycles. The van der Waals surface area contributed by atoms with E-state index >= 15 is 0 Å². The van der Waals surface area contributed by atoms with Crippen molar-refractivity contribution in [3.63, 3.8) is 0 Å². The van der Waals surface area contributed by atoms with Crippen LogP contribution in [0.3, 0.4) is 0 Å². The highest BCUT2D eigenvalue weighted by Gasteiger charge is 2.28. The van der Waals surface area contributed by atoms with Crippen LogP contribution in [0.25, 0.3) is 22.3 Å². The van der Waals surface area contributed by atoms with E-state index in [1.54, 1.807) is 0 Å². The van der Waals surface area contributed by atoms with Gasteiger partial charge < -0.3 is 14.6 Å². The second-order valence-electron chi connectivity index (χ2n) is 10.7. The third-order valence-corrected chi connectivity index (χ3v) is 7.62. The first-order chi connectivity index (χ1) is 16.9. The summed E-state index contributed by atoms with van der Waals surface area (Å²) < 4.78 is 6.29. The molecule has 0 bridgehead atoms. The maximum Gasteiger partial charge on any atom is 0.197 e. The van der Waals surface area contributed by atoms with Crippen molar-refractivity contribution >= 4 is 11.0 Å². The van der Waals surface area contributed by atoms with E-state index in [0.717, 1.165) is 44.6 Å². The minimum atomic E-state index is -0.288. The van der Waals surface area contributed by atoms with Gasteiger partial charge in [0.15, 0.2) is 11.0 Å². The molecule has 6 heteroatoms. The molecule has 6 nitrogen and oxygen atoms in total. The molecular formula is C29H36N2O4. The summed E-state index contributed by atoms with van der Waals surface area (Å²) in [4.78, 5) is 18.0. The predicted molar refractivity (Wildman–Crippen MR) is 139 cm³/mol. The van der Waals surface area contributed by atoms with Crippen molar-refractivity contribution in [2.24, 2.45) is 11.8 Å². The minimum Gasteiger partial charge on any atom is -0.507 e. The van der Waals surface area contributed by atoms with Gasteiger partial charge in [0.2, 0.25) is 0 Å². The zero-order valence-corrected chi connectivity index (χ0v) is 20.8. The van der Waals surface area contributed by atoms with Crippen molar-refractivity contribution in [2.75, 3.05) is 26.2 Å². The van der Waals surface area contributed by atoms with Crippen LogP contribution in [0.2, 0.25) is 0 Å². The van der Waals surface area contributed by atoms with Gasteiger partial charge in [-0.1, -0.05) is 44.2 Å². The van der Waals surface area contributed by atoms with E-state index in [1.807, 2.05) is 30.3 Å². The number of phenols is 2. The molecule has 186 valence electrons. The van der Waals surface area contributed by atoms with Gasteiger partial charge in [-0.15, -0.1) is 0 Å². The molecule has 2 saturated heterocycles. The Balaban J connectivity index is 1.65. The lowest BCUT2D eigenvalue weighted by Crippen LogP contribution is -2.34. The van der Waals surface area contributed by atoms with Gasteiger partial charge in [0.1, 0.15) is 22.6 Å². The molecule has 0 aliphatic carbocycles. The maximum absolute atomic E-state index is 13.4. The van der Waals surface area contributed by atoms with Crippen LogP contribution in [0.15, 0.2) is 45.6 Å². The van der Waals surface area contributed by atoms with Crippen molar-refractivity contribution in [1.82, 2.24) is 9.80 Å². The fourth-order valence-corrected chi connectivity index (χ4v) is 5.83. The quantitative estimate of drug-likeness (QED) is 0.518. The summed E-state index contributed by atoms with van der Waals surface area (Å²) in [5, 5.41) is 23.0. The second-order valence-corrected chi connectivity index (χ2v) is 10.7. The molecule has 2 N–H and O–H groups in total. The SMILES string of the molecule is C[C@@H]1CCCN(Cc2c(O)c(CN3CCC[C@@H](C)C3)c3oc(-c4ccccc4)cc(=O)c3c2O)C1. The molecule has 3 aromatic rings. The third kappa shape index (κ3) is 4.95. The van der Waals surface area contributed by atoms with Crippen molar-refractivity contribution in [2.45, 2.75) is 52.6 Å². The van der Waals surface area contributed by atoms with E-state index in [9.17, 15) is 15.0 Å². The van der Waals surface area contributed by atoms with Crippen molar-refractivity contribution < 1.29 is 14.6 Å². The summed E-state index contributed by atoms with van der Waals surface area (Å²) in [5.74, 6) is 1.49. The molecule has 2 atom stereocenters. The molecule has 35 heavy (non-hydrogen) atoms. The van der Waals surface area contributed by atoms with Gasteiger partial charge in [-0.2, -0.15) is 0 Å². The van der Waals surface area contributed by atoms with Crippen LogP contribution in [0.5, 0.6) is 11.5 Å². The number of hydrogen-bond acceptors (Lipinski definition) is 6. The summed E-state index contributed by atoms with van der Waals surface area (Å²) in [6, 6.07) is 10.9. The van der Waals surface area contributed by atoms with Crippen LogP contribution in [-0.2, 0) is 13.1 Å². The Hall–Kier alpha value is -2.83. The molecule has 2 fully saturated rings. The smallest absolute Gasteiger partial charge is 0.197 e. The zero-order valence-electron chi connectivity index (χ0n) is 20.8. The van der Waals surface area contributed by atoms with Gasteiger partial charge in [0.05, 0.1) is 11.1 Å². The molecule has 1 aromatic heterocycles. The van der Waals surface area contributed by atoms with Crippen LogP contribution in [0.1, 0.15) is 50.7 Å². The molecule has 0 saturated carbocycles. The first-order valence-electron chi connectivity index (χ1n) is 12.9. The van der Waals surface area contributed by atoms with Crippen LogP contribution in [0, 0.1) is 11.8 Å². The summed E-state index contributed by atoms with van der Waals surface area (Å²) >= 11 is 0. The highest BCUT2D eigenvalue weighted by atomic mass is 16.3. The molecule has 2 aromatic carbocycles. The Labute approximate surface area is 206 Å². The Morgan fingerprint density at radius 3 is 2.09 bits per heavy atom. The summed E-state index contributed by atoms with van der Waals surface area (Å²) in [6.07, 6.45) is 4.59. The molecule has 0 spiro atoms. The van der Waals surface area contributed by atoms with Gasteiger partial charge in [-0.05, 0) is 50.6 Å². The van der Waals surface area contributed by atoms with Crippen LogP contribution in [0.4, 0.5) is 0 Å². The molecule has 5 rings (SSSR count). The van der Waals surface area contributed by atoms with Gasteiger partial charge in [0, 0.05) is 37.8 Å². The van der Waals surface area contributed by atoms with E-state index in [1.165, 1.54) is 18.9 Å². The molecule has 0 radical (unpaired) electrons. The highest BCUT2D eigenvalue weighted by molar-refractivity contribution is 5.91. The second kappa shape index (κ2) is 10.0. The third-order valence-electron chi connectivity index (χ3n) is 7.62. The molecule has 2 aliphatic rings. The Bertz CT molecular complexity index is 1250. The Morgan fingerprint density at radius 2 is 1.49 bits per heavy atom. The van der Waals surface area contributed by atoms with Crippen LogP contribution in [-0.4, -0.2) is 46.2 Å². The lowest BCUT2D eigenvalue weighted by molar-refractivity contribution is 0.170. The lowest BCUT2D eigenvalue weighted by Gasteiger charge is -2.33. The summed E-state index contributed by atoms with van der Waals surface area (Å²) in [6.45, 7) is 9.08. The fraction of sp³-hybridized carbons (Fsp3) is 0.483. The standard InChI is InChI=1S/C29H36N2O4/c1-19-8-6-12-30(15-19)17-22-27(33)23(18-31-13-7-9-20(2)16-31)29-26(28(22)34)24(32)14-25(35-29)21-10-4-3-5-11-21/h3-5,10-11,14,19-20,33-34H,6-9,12-13,15-18H2,1-2H3/t19-,20-/m1/s1. The number of rotatable bonds is 5. The zero-order chi connectivity index (χ0) is 24.5. The topological polar surface area (TPSA) is 77.2 Å². The van der Waals surface area contributed by atoms with E-state index < -0.39 is 0 Å². The lowest BCUT2D eigenvalue weighted by atomic mass is 9.96. The molecular weight excluding hydrogens is 440 g/mol. The number of piperidine rings is 2. The summed E-state index contributed by atoms with van der Waals surface area (Å²) in [5.41, 5.74) is 1.83. The highest BCUT2D eigenvalue weighted by Crippen LogP contribution is 2.41. The van der Waals surface area contributed by atoms with E-state index in [-0.39, 0.29) is 22.3 Å². The van der Waals surface area contributed by atoms with E-state index in [4.69, 9.17) is 4.42 Å². The molecule has 0 amide bonds. The largest absolute Gasteiger partial charge is 0.507 e. The number of fused-ring (bicyclic) bond motifs is 1. The number of aromatic hydroxyl groups is 2. The number of phenolic OH excluding ortho intramolecular Hbond substituents is 2. The van der Waals surface area contributed by atoms with Crippen molar-refractivity contribution in [3.8, 4) is 22.8 Å². The minimum absolute atomic E-state index is 0.0554. The predicted octanol–water partition coefficient (Wildman–Crippen LogP) is 5.34. The average Bonchev–Trinajstić information content (AvgIpc) is 2.84. The first-order valence-corrected chi connectivity index (χ1v) is 12.9. The van der Waals surface area contributed by atoms with Crippen LogP contribution >= 0.6 is 0 Å². The Kier molecular flexibility index (Phi) is 6.85. The van der Waals surface area contributed by atoms with Crippen LogP contribution < -0.4 is 5.43 Å². The van der Waals surface area contributed by atoms with Gasteiger partial charge in [-0.3, -0.25) is 14.6 Å². The maximum atomic E-state index is 13.4. The normalized spacial score (nSPS) is 22.0. The first kappa shape index (κ1) is 23.9. The fourth-order valence-electron chi connectivity index (χ4n) is 5.83. The Morgan fingerprint density at radius 1 is 0.886 bits per heavy atom. The van der Waals surface area contributed by atoms with Crippen molar-refractivity contribution in [3.05, 3.63) is 57.7 Å². The van der Waals surface area contributed by atoms with Gasteiger partial charge in [-0.25, -0.2) is 0 Å². The average molecular weight is 477 g/mol. The van der Waals surface area contributed by atoms with Gasteiger partial charge in [0.25, 0.3) is 0 Å². The molecule has 0 unspecified atom stereocenters. The monoisotopic (exact) mass is 476 g/mol. The van der Waals surface area contributed by atoms with Crippen molar-refractivity contribution in [1.29, 1.82) is 0 Å².